The highest BCUT2D eigenvalue weighted by atomic mass is 79.9. The second kappa shape index (κ2) is 4.42. The third-order valence-electron chi connectivity index (χ3n) is 2.83. The largest absolute Gasteiger partial charge is 0.446 e. The predicted octanol–water partition coefficient (Wildman–Crippen LogP) is 4.43. The monoisotopic (exact) mass is 300 g/mol. The lowest BCUT2D eigenvalue weighted by Crippen LogP contribution is -2.00. The molecule has 0 bridgehead atoms. The Morgan fingerprint density at radius 3 is 2.50 bits per heavy atom. The van der Waals surface area contributed by atoms with Gasteiger partial charge in [0.05, 0.1) is 0 Å². The molecule has 0 aliphatic heterocycles. The molecule has 0 amide bonds. The van der Waals surface area contributed by atoms with Gasteiger partial charge in [0.15, 0.2) is 10.4 Å². The molecular formula is C15H9BrO2. The van der Waals surface area contributed by atoms with Crippen LogP contribution in [0.3, 0.4) is 0 Å². The van der Waals surface area contributed by atoms with Crippen molar-refractivity contribution in [2.24, 2.45) is 0 Å². The topological polar surface area (TPSA) is 30.2 Å². The number of carbonyl (C=O) groups excluding carboxylic acids is 1. The quantitative estimate of drug-likeness (QED) is 0.656. The van der Waals surface area contributed by atoms with E-state index in [9.17, 15) is 4.79 Å². The Balaban J connectivity index is 2.17. The summed E-state index contributed by atoms with van der Waals surface area (Å²) in [7, 11) is 0. The number of furan rings is 1. The molecule has 2 nitrogen and oxygen atoms in total. The van der Waals surface area contributed by atoms with Gasteiger partial charge in [0, 0.05) is 5.56 Å². The third-order valence-corrected chi connectivity index (χ3v) is 3.26. The first-order valence-electron chi connectivity index (χ1n) is 5.53. The first-order chi connectivity index (χ1) is 8.75. The summed E-state index contributed by atoms with van der Waals surface area (Å²) >= 11 is 3.20. The first-order valence-corrected chi connectivity index (χ1v) is 6.33. The molecule has 0 saturated carbocycles. The Morgan fingerprint density at radius 2 is 1.72 bits per heavy atom. The van der Waals surface area contributed by atoms with Crippen LogP contribution in [0.4, 0.5) is 0 Å². The van der Waals surface area contributed by atoms with Crippen LogP contribution in [0.25, 0.3) is 10.8 Å². The molecular weight excluding hydrogens is 292 g/mol. The van der Waals surface area contributed by atoms with Gasteiger partial charge in [-0.3, -0.25) is 4.79 Å². The van der Waals surface area contributed by atoms with Gasteiger partial charge in [-0.15, -0.1) is 0 Å². The lowest BCUT2D eigenvalue weighted by molar-refractivity contribution is 0.101. The minimum absolute atomic E-state index is 0.0995. The Morgan fingerprint density at radius 1 is 0.944 bits per heavy atom. The van der Waals surface area contributed by atoms with Gasteiger partial charge in [0.2, 0.25) is 5.78 Å². The van der Waals surface area contributed by atoms with Crippen molar-refractivity contribution < 1.29 is 9.21 Å². The van der Waals surface area contributed by atoms with Crippen molar-refractivity contribution in [3.63, 3.8) is 0 Å². The molecule has 0 saturated heterocycles. The molecule has 0 aliphatic carbocycles. The van der Waals surface area contributed by atoms with Crippen molar-refractivity contribution in [3.05, 3.63) is 70.6 Å². The number of carbonyl (C=O) groups is 1. The third kappa shape index (κ3) is 1.87. The van der Waals surface area contributed by atoms with Gasteiger partial charge in [-0.25, -0.2) is 0 Å². The van der Waals surface area contributed by atoms with E-state index in [1.54, 1.807) is 12.1 Å². The fraction of sp³-hybridized carbons (Fsp3) is 0. The van der Waals surface area contributed by atoms with Crippen LogP contribution < -0.4 is 0 Å². The summed E-state index contributed by atoms with van der Waals surface area (Å²) in [5.74, 6) is 0.246. The molecule has 0 aliphatic rings. The summed E-state index contributed by atoms with van der Waals surface area (Å²) in [6.45, 7) is 0. The van der Waals surface area contributed by atoms with Gasteiger partial charge in [-0.2, -0.15) is 0 Å². The van der Waals surface area contributed by atoms with Gasteiger partial charge in [-0.05, 0) is 38.8 Å². The zero-order valence-corrected chi connectivity index (χ0v) is 11.0. The molecule has 3 heteroatoms. The van der Waals surface area contributed by atoms with E-state index < -0.39 is 0 Å². The fourth-order valence-electron chi connectivity index (χ4n) is 1.99. The first kappa shape index (κ1) is 11.2. The van der Waals surface area contributed by atoms with Crippen LogP contribution in [0.2, 0.25) is 0 Å². The summed E-state index contributed by atoms with van der Waals surface area (Å²) in [5.41, 5.74) is 0.662. The summed E-state index contributed by atoms with van der Waals surface area (Å²) in [6, 6.07) is 16.9. The van der Waals surface area contributed by atoms with Gasteiger partial charge in [0.25, 0.3) is 0 Å². The van der Waals surface area contributed by atoms with E-state index in [1.807, 2.05) is 42.5 Å². The SMILES string of the molecule is O=C(c1ccc(Br)o1)c1cccc2ccccc12. The van der Waals surface area contributed by atoms with E-state index in [2.05, 4.69) is 15.9 Å². The molecule has 0 atom stereocenters. The van der Waals surface area contributed by atoms with Crippen LogP contribution in [0.5, 0.6) is 0 Å². The number of halogens is 1. The Bertz CT molecular complexity index is 723. The van der Waals surface area contributed by atoms with E-state index in [0.29, 0.717) is 16.0 Å². The highest BCUT2D eigenvalue weighted by molar-refractivity contribution is 9.10. The zero-order valence-electron chi connectivity index (χ0n) is 9.39. The Labute approximate surface area is 112 Å². The highest BCUT2D eigenvalue weighted by Crippen LogP contribution is 2.23. The lowest BCUT2D eigenvalue weighted by Gasteiger charge is -2.03. The highest BCUT2D eigenvalue weighted by Gasteiger charge is 2.15. The van der Waals surface area contributed by atoms with Crippen LogP contribution in [0.1, 0.15) is 16.1 Å². The summed E-state index contributed by atoms with van der Waals surface area (Å²) in [4.78, 5) is 12.4. The standard InChI is InChI=1S/C15H9BrO2/c16-14-9-8-13(18-14)15(17)12-7-3-5-10-4-1-2-6-11(10)12/h1-9H. The van der Waals surface area contributed by atoms with Crippen molar-refractivity contribution in [2.75, 3.05) is 0 Å². The summed E-state index contributed by atoms with van der Waals surface area (Å²) in [6.07, 6.45) is 0. The average Bonchev–Trinajstić information content (AvgIpc) is 2.84. The predicted molar refractivity (Wildman–Crippen MR) is 73.8 cm³/mol. The van der Waals surface area contributed by atoms with Crippen LogP contribution >= 0.6 is 15.9 Å². The smallest absolute Gasteiger partial charge is 0.228 e. The van der Waals surface area contributed by atoms with Crippen molar-refractivity contribution in [2.45, 2.75) is 0 Å². The molecule has 1 heterocycles. The maximum absolute atomic E-state index is 12.4. The zero-order chi connectivity index (χ0) is 12.5. The number of fused-ring (bicyclic) bond motifs is 1. The second-order valence-electron chi connectivity index (χ2n) is 3.96. The second-order valence-corrected chi connectivity index (χ2v) is 4.74. The molecule has 18 heavy (non-hydrogen) atoms. The summed E-state index contributed by atoms with van der Waals surface area (Å²) in [5, 5.41) is 1.99. The molecule has 88 valence electrons. The number of rotatable bonds is 2. The van der Waals surface area contributed by atoms with E-state index in [0.717, 1.165) is 10.8 Å². The molecule has 3 rings (SSSR count). The molecule has 0 unspecified atom stereocenters. The molecule has 0 N–H and O–H groups in total. The number of ketones is 1. The van der Waals surface area contributed by atoms with Gasteiger partial charge in [0.1, 0.15) is 0 Å². The van der Waals surface area contributed by atoms with Gasteiger partial charge in [-0.1, -0.05) is 42.5 Å². The van der Waals surface area contributed by atoms with E-state index >= 15 is 0 Å². The van der Waals surface area contributed by atoms with Crippen molar-refractivity contribution >= 4 is 32.5 Å². The number of hydrogen-bond acceptors (Lipinski definition) is 2. The van der Waals surface area contributed by atoms with E-state index in [1.165, 1.54) is 0 Å². The van der Waals surface area contributed by atoms with E-state index in [4.69, 9.17) is 4.42 Å². The molecule has 2 aromatic carbocycles. The molecule has 0 radical (unpaired) electrons. The molecule has 3 aromatic rings. The number of hydrogen-bond donors (Lipinski definition) is 0. The van der Waals surface area contributed by atoms with Crippen LogP contribution in [-0.4, -0.2) is 5.78 Å². The van der Waals surface area contributed by atoms with Gasteiger partial charge >= 0.3 is 0 Å². The fourth-order valence-corrected chi connectivity index (χ4v) is 2.30. The van der Waals surface area contributed by atoms with E-state index in [-0.39, 0.29) is 5.78 Å². The minimum Gasteiger partial charge on any atom is -0.446 e. The molecule has 0 fully saturated rings. The minimum atomic E-state index is -0.0995. The van der Waals surface area contributed by atoms with Crippen molar-refractivity contribution in [1.82, 2.24) is 0 Å². The maximum Gasteiger partial charge on any atom is 0.228 e. The lowest BCUT2D eigenvalue weighted by atomic mass is 10.0. The van der Waals surface area contributed by atoms with Gasteiger partial charge < -0.3 is 4.42 Å². The molecule has 1 aromatic heterocycles. The normalized spacial score (nSPS) is 10.7. The molecule has 0 spiro atoms. The van der Waals surface area contributed by atoms with Crippen LogP contribution in [0.15, 0.2) is 63.7 Å². The number of benzene rings is 2. The average molecular weight is 301 g/mol. The summed E-state index contributed by atoms with van der Waals surface area (Å²) < 4.78 is 5.88. The van der Waals surface area contributed by atoms with Crippen LogP contribution in [-0.2, 0) is 0 Å². The Hall–Kier alpha value is -1.87. The maximum atomic E-state index is 12.4. The van der Waals surface area contributed by atoms with Crippen molar-refractivity contribution in [1.29, 1.82) is 0 Å². The van der Waals surface area contributed by atoms with Crippen molar-refractivity contribution in [3.8, 4) is 0 Å². The Kier molecular flexibility index (Phi) is 2.76. The van der Waals surface area contributed by atoms with Crippen LogP contribution in [0, 0.1) is 0 Å².